The molecule has 0 saturated heterocycles. The summed E-state index contributed by atoms with van der Waals surface area (Å²) in [6, 6.07) is -0.959. The van der Waals surface area contributed by atoms with Crippen LogP contribution in [0, 0.1) is 11.8 Å². The molecule has 1 unspecified atom stereocenters. The van der Waals surface area contributed by atoms with E-state index in [2.05, 4.69) is 19.2 Å². The van der Waals surface area contributed by atoms with Gasteiger partial charge >= 0.3 is 12.0 Å². The summed E-state index contributed by atoms with van der Waals surface area (Å²) in [5.74, 6) is -0.773. The van der Waals surface area contributed by atoms with Crippen molar-refractivity contribution >= 4 is 12.0 Å². The molecular weight excluding hydrogens is 256 g/mol. The Morgan fingerprint density at radius 3 is 1.90 bits per heavy atom. The second-order valence-electron chi connectivity index (χ2n) is 6.03. The van der Waals surface area contributed by atoms with Gasteiger partial charge in [0.2, 0.25) is 0 Å². The van der Waals surface area contributed by atoms with Crippen LogP contribution < -0.4 is 5.32 Å². The van der Waals surface area contributed by atoms with Crippen LogP contribution in [0.3, 0.4) is 0 Å². The van der Waals surface area contributed by atoms with Gasteiger partial charge in [-0.05, 0) is 24.7 Å². The van der Waals surface area contributed by atoms with E-state index >= 15 is 0 Å². The summed E-state index contributed by atoms with van der Waals surface area (Å²) < 4.78 is 0. The minimum atomic E-state index is -0.984. The van der Waals surface area contributed by atoms with Gasteiger partial charge in [-0.3, -0.25) is 0 Å². The van der Waals surface area contributed by atoms with E-state index in [0.29, 0.717) is 12.5 Å². The van der Waals surface area contributed by atoms with Crippen molar-refractivity contribution in [2.75, 3.05) is 6.54 Å². The van der Waals surface area contributed by atoms with Gasteiger partial charge in [0.1, 0.15) is 6.04 Å². The van der Waals surface area contributed by atoms with Crippen molar-refractivity contribution in [1.29, 1.82) is 0 Å². The van der Waals surface area contributed by atoms with E-state index in [1.807, 2.05) is 13.8 Å². The molecule has 5 nitrogen and oxygen atoms in total. The van der Waals surface area contributed by atoms with E-state index in [0.717, 1.165) is 12.8 Å². The number of rotatable bonds is 8. The molecule has 0 fully saturated rings. The molecule has 0 bridgehead atoms. The predicted molar refractivity (Wildman–Crippen MR) is 80.7 cm³/mol. The van der Waals surface area contributed by atoms with Crippen molar-refractivity contribution in [3.8, 4) is 0 Å². The summed E-state index contributed by atoms with van der Waals surface area (Å²) >= 11 is 0. The van der Waals surface area contributed by atoms with Gasteiger partial charge in [0.05, 0.1) is 0 Å². The zero-order valence-electron chi connectivity index (χ0n) is 13.6. The number of amides is 2. The van der Waals surface area contributed by atoms with Gasteiger partial charge in [0, 0.05) is 12.6 Å². The molecule has 0 spiro atoms. The molecule has 0 rings (SSSR count). The average molecular weight is 286 g/mol. The lowest BCUT2D eigenvalue weighted by atomic mass is 10.0. The van der Waals surface area contributed by atoms with Gasteiger partial charge in [-0.1, -0.05) is 41.5 Å². The van der Waals surface area contributed by atoms with Crippen LogP contribution >= 0.6 is 0 Å². The first-order valence-electron chi connectivity index (χ1n) is 7.54. The molecule has 118 valence electrons. The van der Waals surface area contributed by atoms with Gasteiger partial charge in [0.15, 0.2) is 0 Å². The molecule has 20 heavy (non-hydrogen) atoms. The Morgan fingerprint density at radius 2 is 1.60 bits per heavy atom. The van der Waals surface area contributed by atoms with Crippen molar-refractivity contribution in [1.82, 2.24) is 10.2 Å². The SMILES string of the molecule is CCC(CC)N(CC(C)C)C(=O)NC(C(=O)O)C(C)C. The number of carboxylic acids is 1. The smallest absolute Gasteiger partial charge is 0.326 e. The molecule has 2 N–H and O–H groups in total. The van der Waals surface area contributed by atoms with Gasteiger partial charge in [0.25, 0.3) is 0 Å². The van der Waals surface area contributed by atoms with Crippen LogP contribution in [0.1, 0.15) is 54.4 Å². The first-order valence-corrected chi connectivity index (χ1v) is 7.54. The highest BCUT2D eigenvalue weighted by molar-refractivity contribution is 5.82. The maximum atomic E-state index is 12.4. The first kappa shape index (κ1) is 18.7. The predicted octanol–water partition coefficient (Wildman–Crippen LogP) is 2.95. The lowest BCUT2D eigenvalue weighted by molar-refractivity contribution is -0.140. The highest BCUT2D eigenvalue weighted by atomic mass is 16.4. The molecule has 5 heteroatoms. The van der Waals surface area contributed by atoms with Crippen molar-refractivity contribution in [3.05, 3.63) is 0 Å². The third-order valence-corrected chi connectivity index (χ3v) is 3.42. The van der Waals surface area contributed by atoms with Crippen LogP contribution in [0.25, 0.3) is 0 Å². The first-order chi connectivity index (χ1) is 9.24. The van der Waals surface area contributed by atoms with Crippen LogP contribution in [0.2, 0.25) is 0 Å². The van der Waals surface area contributed by atoms with E-state index in [1.165, 1.54) is 0 Å². The fourth-order valence-corrected chi connectivity index (χ4v) is 2.25. The number of carboxylic acid groups (broad SMARTS) is 1. The second-order valence-corrected chi connectivity index (χ2v) is 6.03. The Kier molecular flexibility index (Phi) is 8.26. The van der Waals surface area contributed by atoms with Crippen molar-refractivity contribution in [2.45, 2.75) is 66.5 Å². The lowest BCUT2D eigenvalue weighted by Gasteiger charge is -2.33. The minimum Gasteiger partial charge on any atom is -0.480 e. The Labute approximate surface area is 122 Å². The molecule has 0 aromatic carbocycles. The summed E-state index contributed by atoms with van der Waals surface area (Å²) in [5, 5.41) is 11.8. The quantitative estimate of drug-likeness (QED) is 0.720. The van der Waals surface area contributed by atoms with Crippen molar-refractivity contribution in [3.63, 3.8) is 0 Å². The molecule has 0 radical (unpaired) electrons. The number of aliphatic carboxylic acids is 1. The molecule has 2 amide bonds. The highest BCUT2D eigenvalue weighted by Crippen LogP contribution is 2.13. The normalized spacial score (nSPS) is 12.8. The van der Waals surface area contributed by atoms with E-state index in [-0.39, 0.29) is 18.0 Å². The molecule has 0 aromatic heterocycles. The molecule has 0 aliphatic heterocycles. The fraction of sp³-hybridized carbons (Fsp3) is 0.867. The average Bonchev–Trinajstić information content (AvgIpc) is 2.34. The fourth-order valence-electron chi connectivity index (χ4n) is 2.25. The third kappa shape index (κ3) is 5.80. The summed E-state index contributed by atoms with van der Waals surface area (Å²) in [6.45, 7) is 12.4. The molecule has 0 aliphatic carbocycles. The van der Waals surface area contributed by atoms with Gasteiger partial charge < -0.3 is 15.3 Å². The molecule has 1 atom stereocenters. The number of hydrogen-bond donors (Lipinski definition) is 2. The van der Waals surface area contributed by atoms with Crippen LogP contribution in [-0.2, 0) is 4.79 Å². The maximum absolute atomic E-state index is 12.4. The monoisotopic (exact) mass is 286 g/mol. The van der Waals surface area contributed by atoms with Gasteiger partial charge in [-0.15, -0.1) is 0 Å². The van der Waals surface area contributed by atoms with Gasteiger partial charge in [-0.25, -0.2) is 9.59 Å². The Hall–Kier alpha value is -1.26. The summed E-state index contributed by atoms with van der Waals surface area (Å²) in [4.78, 5) is 25.4. The summed E-state index contributed by atoms with van der Waals surface area (Å²) in [5.41, 5.74) is 0. The molecule has 0 aliphatic rings. The second kappa shape index (κ2) is 8.82. The van der Waals surface area contributed by atoms with Crippen LogP contribution in [0.5, 0.6) is 0 Å². The Balaban J connectivity index is 4.98. The zero-order valence-corrected chi connectivity index (χ0v) is 13.6. The van der Waals surface area contributed by atoms with E-state index < -0.39 is 12.0 Å². The van der Waals surface area contributed by atoms with E-state index in [1.54, 1.807) is 18.7 Å². The standard InChI is InChI=1S/C15H30N2O3/c1-7-12(8-2)17(9-10(3)4)15(20)16-13(11(5)6)14(18)19/h10-13H,7-9H2,1-6H3,(H,16,20)(H,18,19). The Morgan fingerprint density at radius 1 is 1.10 bits per heavy atom. The third-order valence-electron chi connectivity index (χ3n) is 3.42. The van der Waals surface area contributed by atoms with Crippen LogP contribution in [0.4, 0.5) is 4.79 Å². The number of carbonyl (C=O) groups is 2. The molecule has 0 aromatic rings. The highest BCUT2D eigenvalue weighted by Gasteiger charge is 2.28. The van der Waals surface area contributed by atoms with E-state index in [4.69, 9.17) is 0 Å². The minimum absolute atomic E-state index is 0.140. The van der Waals surface area contributed by atoms with Gasteiger partial charge in [-0.2, -0.15) is 0 Å². The van der Waals surface area contributed by atoms with Crippen molar-refractivity contribution < 1.29 is 14.7 Å². The van der Waals surface area contributed by atoms with Crippen LogP contribution in [-0.4, -0.2) is 40.6 Å². The molecular formula is C15H30N2O3. The Bertz CT molecular complexity index is 312. The zero-order chi connectivity index (χ0) is 15.9. The number of nitrogens with one attached hydrogen (secondary N) is 1. The largest absolute Gasteiger partial charge is 0.480 e. The topological polar surface area (TPSA) is 69.6 Å². The summed E-state index contributed by atoms with van der Waals surface area (Å²) in [7, 11) is 0. The number of nitrogens with zero attached hydrogens (tertiary/aromatic N) is 1. The summed E-state index contributed by atoms with van der Waals surface area (Å²) in [6.07, 6.45) is 1.74. The van der Waals surface area contributed by atoms with E-state index in [9.17, 15) is 14.7 Å². The van der Waals surface area contributed by atoms with Crippen molar-refractivity contribution in [2.24, 2.45) is 11.8 Å². The lowest BCUT2D eigenvalue weighted by Crippen LogP contribution is -2.53. The molecule has 0 saturated carbocycles. The number of carbonyl (C=O) groups excluding carboxylic acids is 1. The maximum Gasteiger partial charge on any atom is 0.326 e. The number of hydrogen-bond acceptors (Lipinski definition) is 2. The number of urea groups is 1. The molecule has 0 heterocycles. The van der Waals surface area contributed by atoms with Crippen LogP contribution in [0.15, 0.2) is 0 Å².